The summed E-state index contributed by atoms with van der Waals surface area (Å²) in [6.45, 7) is 3.80. The lowest BCUT2D eigenvalue weighted by Crippen LogP contribution is -2.09. The smallest absolute Gasteiger partial charge is 0.303 e. The Labute approximate surface area is 107 Å². The molecule has 1 heterocycles. The largest absolute Gasteiger partial charge is 0.481 e. The van der Waals surface area contributed by atoms with Crippen LogP contribution in [0.25, 0.3) is 0 Å². The fourth-order valence-electron chi connectivity index (χ4n) is 1.68. The first-order valence-electron chi connectivity index (χ1n) is 5.05. The van der Waals surface area contributed by atoms with Crippen LogP contribution in [0.2, 0.25) is 0 Å². The molecule has 0 bridgehead atoms. The molecule has 3 nitrogen and oxygen atoms in total. The van der Waals surface area contributed by atoms with E-state index in [4.69, 9.17) is 5.11 Å². The van der Waals surface area contributed by atoms with E-state index in [0.717, 1.165) is 14.2 Å². The SMILES string of the molecule is Cc1sc(Br)cc1C(O)CC(C)CC(=O)O. The lowest BCUT2D eigenvalue weighted by atomic mass is 9.96. The van der Waals surface area contributed by atoms with E-state index in [2.05, 4.69) is 15.9 Å². The van der Waals surface area contributed by atoms with Crippen molar-refractivity contribution in [2.45, 2.75) is 32.8 Å². The molecular formula is C11H15BrO3S. The number of aliphatic hydroxyl groups is 1. The average Bonchev–Trinajstić information content (AvgIpc) is 2.43. The van der Waals surface area contributed by atoms with Crippen molar-refractivity contribution in [2.75, 3.05) is 0 Å². The molecule has 0 aliphatic carbocycles. The second-order valence-corrected chi connectivity index (χ2v) is 6.65. The van der Waals surface area contributed by atoms with Gasteiger partial charge in [-0.2, -0.15) is 0 Å². The summed E-state index contributed by atoms with van der Waals surface area (Å²) in [6, 6.07) is 1.90. The molecule has 0 amide bonds. The number of carbonyl (C=O) groups is 1. The predicted octanol–water partition coefficient (Wildman–Crippen LogP) is 3.35. The van der Waals surface area contributed by atoms with E-state index in [1.54, 1.807) is 11.3 Å². The van der Waals surface area contributed by atoms with Crippen molar-refractivity contribution in [3.8, 4) is 0 Å². The van der Waals surface area contributed by atoms with Gasteiger partial charge in [0.2, 0.25) is 0 Å². The minimum absolute atomic E-state index is 0.0226. The Morgan fingerprint density at radius 1 is 1.62 bits per heavy atom. The van der Waals surface area contributed by atoms with Crippen molar-refractivity contribution in [1.29, 1.82) is 0 Å². The van der Waals surface area contributed by atoms with E-state index in [0.29, 0.717) is 6.42 Å². The molecule has 16 heavy (non-hydrogen) atoms. The molecule has 1 rings (SSSR count). The zero-order chi connectivity index (χ0) is 12.3. The Hall–Kier alpha value is -0.390. The standard InChI is InChI=1S/C11H15BrO3S/c1-6(4-11(14)15)3-9(13)8-5-10(12)16-7(8)2/h5-6,9,13H,3-4H2,1-2H3,(H,14,15). The molecule has 2 atom stereocenters. The molecule has 0 saturated carbocycles. The van der Waals surface area contributed by atoms with Gasteiger partial charge in [-0.3, -0.25) is 4.79 Å². The number of aliphatic hydroxyl groups excluding tert-OH is 1. The van der Waals surface area contributed by atoms with E-state index in [-0.39, 0.29) is 12.3 Å². The summed E-state index contributed by atoms with van der Waals surface area (Å²) in [5, 5.41) is 18.6. The lowest BCUT2D eigenvalue weighted by Gasteiger charge is -2.14. The molecule has 5 heteroatoms. The third-order valence-corrected chi connectivity index (χ3v) is 4.00. The summed E-state index contributed by atoms with van der Waals surface area (Å²) in [4.78, 5) is 11.6. The summed E-state index contributed by atoms with van der Waals surface area (Å²) in [6.07, 6.45) is 0.00876. The van der Waals surface area contributed by atoms with Crippen LogP contribution < -0.4 is 0 Å². The molecular weight excluding hydrogens is 292 g/mol. The molecule has 0 aliphatic rings. The van der Waals surface area contributed by atoms with Gasteiger partial charge in [-0.05, 0) is 46.8 Å². The van der Waals surface area contributed by atoms with Crippen LogP contribution in [-0.2, 0) is 4.79 Å². The number of hydrogen-bond donors (Lipinski definition) is 2. The van der Waals surface area contributed by atoms with Crippen LogP contribution >= 0.6 is 27.3 Å². The molecule has 0 fully saturated rings. The molecule has 0 saturated heterocycles. The molecule has 1 aromatic heterocycles. The van der Waals surface area contributed by atoms with E-state index < -0.39 is 12.1 Å². The zero-order valence-corrected chi connectivity index (χ0v) is 11.6. The van der Waals surface area contributed by atoms with Gasteiger partial charge in [0.05, 0.1) is 9.89 Å². The Balaban J connectivity index is 2.61. The Kier molecular flexibility index (Phi) is 4.95. The van der Waals surface area contributed by atoms with Crippen molar-refractivity contribution in [2.24, 2.45) is 5.92 Å². The quantitative estimate of drug-likeness (QED) is 0.877. The highest BCUT2D eigenvalue weighted by atomic mass is 79.9. The van der Waals surface area contributed by atoms with Crippen molar-refractivity contribution in [1.82, 2.24) is 0 Å². The van der Waals surface area contributed by atoms with Gasteiger partial charge in [0.15, 0.2) is 0 Å². The first kappa shape index (κ1) is 13.7. The van der Waals surface area contributed by atoms with E-state index in [1.807, 2.05) is 19.9 Å². The number of halogens is 1. The average molecular weight is 307 g/mol. The Morgan fingerprint density at radius 3 is 2.69 bits per heavy atom. The summed E-state index contributed by atoms with van der Waals surface area (Å²) in [7, 11) is 0. The molecule has 0 radical (unpaired) electrons. The molecule has 0 aliphatic heterocycles. The van der Waals surface area contributed by atoms with Crippen molar-refractivity contribution < 1.29 is 15.0 Å². The van der Waals surface area contributed by atoms with Crippen molar-refractivity contribution >= 4 is 33.2 Å². The van der Waals surface area contributed by atoms with Gasteiger partial charge in [-0.25, -0.2) is 0 Å². The summed E-state index contributed by atoms with van der Waals surface area (Å²) in [5.41, 5.74) is 0.897. The van der Waals surface area contributed by atoms with Crippen LogP contribution in [0, 0.1) is 12.8 Å². The van der Waals surface area contributed by atoms with E-state index in [9.17, 15) is 9.90 Å². The number of aliphatic carboxylic acids is 1. The Bertz CT molecular complexity index is 375. The number of thiophene rings is 1. The number of rotatable bonds is 5. The van der Waals surface area contributed by atoms with Gasteiger partial charge in [-0.1, -0.05) is 6.92 Å². The van der Waals surface area contributed by atoms with Gasteiger partial charge < -0.3 is 10.2 Å². The van der Waals surface area contributed by atoms with E-state index in [1.165, 1.54) is 0 Å². The minimum Gasteiger partial charge on any atom is -0.481 e. The maximum atomic E-state index is 10.5. The maximum absolute atomic E-state index is 10.5. The highest BCUT2D eigenvalue weighted by molar-refractivity contribution is 9.11. The van der Waals surface area contributed by atoms with Gasteiger partial charge in [0, 0.05) is 11.3 Å². The molecule has 2 N–H and O–H groups in total. The molecule has 90 valence electrons. The summed E-state index contributed by atoms with van der Waals surface area (Å²) >= 11 is 4.95. The summed E-state index contributed by atoms with van der Waals surface area (Å²) < 4.78 is 0.991. The van der Waals surface area contributed by atoms with Gasteiger partial charge in [-0.15, -0.1) is 11.3 Å². The fraction of sp³-hybridized carbons (Fsp3) is 0.545. The monoisotopic (exact) mass is 306 g/mol. The van der Waals surface area contributed by atoms with Crippen molar-refractivity contribution in [3.63, 3.8) is 0 Å². The third kappa shape index (κ3) is 3.88. The van der Waals surface area contributed by atoms with Crippen LogP contribution in [0.1, 0.15) is 36.3 Å². The number of aryl methyl sites for hydroxylation is 1. The molecule has 0 spiro atoms. The topological polar surface area (TPSA) is 57.5 Å². The number of carboxylic acids is 1. The van der Waals surface area contributed by atoms with Gasteiger partial charge in [0.25, 0.3) is 0 Å². The highest BCUT2D eigenvalue weighted by Crippen LogP contribution is 2.33. The second kappa shape index (κ2) is 5.80. The Morgan fingerprint density at radius 2 is 2.25 bits per heavy atom. The van der Waals surface area contributed by atoms with Gasteiger partial charge in [0.1, 0.15) is 0 Å². The normalized spacial score (nSPS) is 14.8. The van der Waals surface area contributed by atoms with Crippen LogP contribution in [-0.4, -0.2) is 16.2 Å². The van der Waals surface area contributed by atoms with E-state index >= 15 is 0 Å². The molecule has 1 aromatic rings. The fourth-order valence-corrected chi connectivity index (χ4v) is 3.45. The molecule has 2 unspecified atom stereocenters. The van der Waals surface area contributed by atoms with Crippen LogP contribution in [0.4, 0.5) is 0 Å². The third-order valence-electron chi connectivity index (χ3n) is 2.43. The van der Waals surface area contributed by atoms with Crippen LogP contribution in [0.5, 0.6) is 0 Å². The number of carboxylic acid groups (broad SMARTS) is 1. The maximum Gasteiger partial charge on any atom is 0.303 e. The van der Waals surface area contributed by atoms with Crippen molar-refractivity contribution in [3.05, 3.63) is 20.3 Å². The van der Waals surface area contributed by atoms with Crippen LogP contribution in [0.15, 0.2) is 9.85 Å². The first-order chi connectivity index (χ1) is 7.40. The zero-order valence-electron chi connectivity index (χ0n) is 9.24. The lowest BCUT2D eigenvalue weighted by molar-refractivity contribution is -0.138. The highest BCUT2D eigenvalue weighted by Gasteiger charge is 2.18. The van der Waals surface area contributed by atoms with Gasteiger partial charge >= 0.3 is 5.97 Å². The number of hydrogen-bond acceptors (Lipinski definition) is 3. The summed E-state index contributed by atoms with van der Waals surface area (Å²) in [5.74, 6) is -0.839. The minimum atomic E-state index is -0.817. The molecule has 0 aromatic carbocycles. The first-order valence-corrected chi connectivity index (χ1v) is 6.66. The van der Waals surface area contributed by atoms with Crippen LogP contribution in [0.3, 0.4) is 0 Å². The predicted molar refractivity (Wildman–Crippen MR) is 67.7 cm³/mol. The second-order valence-electron chi connectivity index (χ2n) is 4.02.